The molecule has 0 aliphatic carbocycles. The monoisotopic (exact) mass is 418 g/mol. The van der Waals surface area contributed by atoms with Crippen molar-refractivity contribution in [3.8, 4) is 6.07 Å². The van der Waals surface area contributed by atoms with E-state index in [9.17, 15) is 20.0 Å². The summed E-state index contributed by atoms with van der Waals surface area (Å²) in [5, 5.41) is 22.4. The van der Waals surface area contributed by atoms with Crippen LogP contribution in [0.25, 0.3) is 10.9 Å². The molecule has 0 amide bonds. The third-order valence-corrected chi connectivity index (χ3v) is 5.92. The van der Waals surface area contributed by atoms with Crippen LogP contribution in [-0.4, -0.2) is 41.8 Å². The van der Waals surface area contributed by atoms with E-state index in [-0.39, 0.29) is 57.7 Å². The van der Waals surface area contributed by atoms with Crippen LogP contribution in [0.15, 0.2) is 35.4 Å². The quantitative estimate of drug-likeness (QED) is 0.434. The number of carbonyl (C=O) groups is 1. The molecular formula is C19H15N4NaO4S. The van der Waals surface area contributed by atoms with Crippen LogP contribution in [0, 0.1) is 11.3 Å². The number of aromatic carboxylic acids is 1. The molecule has 1 aromatic carbocycles. The number of anilines is 1. The summed E-state index contributed by atoms with van der Waals surface area (Å²) in [6, 6.07) is 9.04. The molecule has 8 nitrogen and oxygen atoms in total. The van der Waals surface area contributed by atoms with Gasteiger partial charge in [-0.25, -0.2) is 4.98 Å². The Morgan fingerprint density at radius 3 is 2.72 bits per heavy atom. The van der Waals surface area contributed by atoms with Crippen molar-refractivity contribution in [1.29, 1.82) is 5.26 Å². The fraction of sp³-hybridized carbons (Fsp3) is 0.263. The zero-order valence-electron chi connectivity index (χ0n) is 15.8. The van der Waals surface area contributed by atoms with Gasteiger partial charge < -0.3 is 19.5 Å². The summed E-state index contributed by atoms with van der Waals surface area (Å²) in [7, 11) is 0. The molecule has 0 unspecified atom stereocenters. The Kier molecular flexibility index (Phi) is 6.72. The maximum atomic E-state index is 12.8. The molecular weight excluding hydrogens is 403 g/mol. The van der Waals surface area contributed by atoms with E-state index in [1.54, 1.807) is 24.3 Å². The van der Waals surface area contributed by atoms with E-state index in [1.165, 1.54) is 10.9 Å². The molecule has 2 aromatic heterocycles. The fourth-order valence-corrected chi connectivity index (χ4v) is 4.41. The van der Waals surface area contributed by atoms with Gasteiger partial charge in [0.25, 0.3) is 5.56 Å². The number of carboxylic acids is 1. The van der Waals surface area contributed by atoms with Gasteiger partial charge in [-0.1, -0.05) is 12.1 Å². The number of carbonyl (C=O) groups excluding carboxylic acids is 1. The van der Waals surface area contributed by atoms with Crippen molar-refractivity contribution in [3.05, 3.63) is 57.0 Å². The molecule has 1 aliphatic rings. The maximum absolute atomic E-state index is 12.8. The molecule has 4 rings (SSSR count). The summed E-state index contributed by atoms with van der Waals surface area (Å²) in [5.74, 6) is -1.36. The van der Waals surface area contributed by atoms with Gasteiger partial charge in [0.2, 0.25) is 0 Å². The SMILES string of the molecule is N#Cc1c(N2CCOCC2)sc(C(=O)[O-])c1Cn1cnc2ccccc2c1=O.[Na+]. The standard InChI is InChI=1S/C19H16N4O4S.Na/c20-9-13-14(10-23-11-21-15-4-2-1-3-12(15)17(23)24)16(19(25)26)28-18(13)22-5-7-27-8-6-22;/h1-4,11H,5-8,10H2,(H,25,26);/q;+1/p-1. The van der Waals surface area contributed by atoms with E-state index in [0.29, 0.717) is 42.2 Å². The fourth-order valence-electron chi connectivity index (χ4n) is 3.26. The molecule has 0 radical (unpaired) electrons. The number of carboxylic acid groups (broad SMARTS) is 1. The van der Waals surface area contributed by atoms with E-state index < -0.39 is 5.97 Å². The smallest absolute Gasteiger partial charge is 0.544 e. The number of para-hydroxylation sites is 1. The Labute approximate surface area is 192 Å². The molecule has 0 bridgehead atoms. The zero-order valence-corrected chi connectivity index (χ0v) is 18.6. The van der Waals surface area contributed by atoms with E-state index in [1.807, 2.05) is 4.90 Å². The van der Waals surface area contributed by atoms with E-state index in [0.717, 1.165) is 11.3 Å². The number of hydrogen-bond acceptors (Lipinski definition) is 8. The average molecular weight is 418 g/mol. The summed E-state index contributed by atoms with van der Waals surface area (Å²) in [6.45, 7) is 2.08. The minimum absolute atomic E-state index is 0. The van der Waals surface area contributed by atoms with Gasteiger partial charge in [0, 0.05) is 18.7 Å². The molecule has 0 N–H and O–H groups in total. The number of hydrogen-bond donors (Lipinski definition) is 0. The first-order chi connectivity index (χ1) is 13.6. The average Bonchev–Trinajstić information content (AvgIpc) is 3.09. The van der Waals surface area contributed by atoms with Gasteiger partial charge in [0.05, 0.1) is 53.4 Å². The van der Waals surface area contributed by atoms with E-state index >= 15 is 0 Å². The van der Waals surface area contributed by atoms with Gasteiger partial charge in [-0.15, -0.1) is 11.3 Å². The molecule has 10 heteroatoms. The van der Waals surface area contributed by atoms with Crippen molar-refractivity contribution in [2.45, 2.75) is 6.54 Å². The number of nitriles is 1. The molecule has 1 saturated heterocycles. The Bertz CT molecular complexity index is 1160. The van der Waals surface area contributed by atoms with Gasteiger partial charge in [0.1, 0.15) is 11.1 Å². The predicted molar refractivity (Wildman–Crippen MR) is 102 cm³/mol. The van der Waals surface area contributed by atoms with Crippen LogP contribution in [0.4, 0.5) is 5.00 Å². The Hall–Kier alpha value is -2.22. The molecule has 3 heterocycles. The van der Waals surface area contributed by atoms with Gasteiger partial charge in [0.15, 0.2) is 0 Å². The molecule has 0 spiro atoms. The summed E-state index contributed by atoms with van der Waals surface area (Å²) < 4.78 is 6.65. The Morgan fingerprint density at radius 1 is 1.31 bits per heavy atom. The van der Waals surface area contributed by atoms with Gasteiger partial charge >= 0.3 is 29.6 Å². The number of thiophene rings is 1. The number of rotatable bonds is 4. The second-order valence-electron chi connectivity index (χ2n) is 6.28. The van der Waals surface area contributed by atoms with Crippen LogP contribution in [0.3, 0.4) is 0 Å². The van der Waals surface area contributed by atoms with E-state index in [2.05, 4.69) is 11.1 Å². The zero-order chi connectivity index (χ0) is 19.7. The van der Waals surface area contributed by atoms with Crippen LogP contribution in [-0.2, 0) is 11.3 Å². The first kappa shape index (κ1) is 21.5. The van der Waals surface area contributed by atoms with Crippen molar-refractivity contribution in [3.63, 3.8) is 0 Å². The van der Waals surface area contributed by atoms with Crippen LogP contribution >= 0.6 is 11.3 Å². The topological polar surface area (TPSA) is 111 Å². The number of fused-ring (bicyclic) bond motifs is 1. The molecule has 29 heavy (non-hydrogen) atoms. The van der Waals surface area contributed by atoms with Gasteiger partial charge in [-0.05, 0) is 12.1 Å². The van der Waals surface area contributed by atoms with Crippen LogP contribution in [0.1, 0.15) is 20.8 Å². The van der Waals surface area contributed by atoms with Crippen molar-refractivity contribution in [1.82, 2.24) is 9.55 Å². The number of nitrogens with zero attached hydrogens (tertiary/aromatic N) is 4. The molecule has 0 saturated carbocycles. The first-order valence-corrected chi connectivity index (χ1v) is 9.45. The van der Waals surface area contributed by atoms with Crippen LogP contribution in [0.2, 0.25) is 0 Å². The third kappa shape index (κ3) is 4.08. The Balaban J connectivity index is 0.00000240. The summed E-state index contributed by atoms with van der Waals surface area (Å²) >= 11 is 1.00. The normalized spacial score (nSPS) is 13.7. The minimum atomic E-state index is -1.36. The van der Waals surface area contributed by atoms with Crippen molar-refractivity contribution >= 4 is 33.2 Å². The first-order valence-electron chi connectivity index (χ1n) is 8.64. The predicted octanol–water partition coefficient (Wildman–Crippen LogP) is -2.42. The second kappa shape index (κ2) is 9.07. The van der Waals surface area contributed by atoms with Gasteiger partial charge in [-0.2, -0.15) is 5.26 Å². The van der Waals surface area contributed by atoms with Gasteiger partial charge in [-0.3, -0.25) is 9.36 Å². The maximum Gasteiger partial charge on any atom is 1.00 e. The molecule has 1 fully saturated rings. The minimum Gasteiger partial charge on any atom is -0.544 e. The van der Waals surface area contributed by atoms with Crippen LogP contribution in [0.5, 0.6) is 0 Å². The van der Waals surface area contributed by atoms with Crippen molar-refractivity contribution < 1.29 is 44.2 Å². The summed E-state index contributed by atoms with van der Waals surface area (Å²) in [6.07, 6.45) is 1.37. The number of morpholine rings is 1. The van der Waals surface area contributed by atoms with E-state index in [4.69, 9.17) is 4.74 Å². The number of aromatic nitrogens is 2. The molecule has 1 aliphatic heterocycles. The second-order valence-corrected chi connectivity index (χ2v) is 7.28. The summed E-state index contributed by atoms with van der Waals surface area (Å²) in [5.41, 5.74) is 0.793. The number of ether oxygens (including phenoxy) is 1. The van der Waals surface area contributed by atoms with Crippen LogP contribution < -0.4 is 45.1 Å². The third-order valence-electron chi connectivity index (χ3n) is 4.64. The molecule has 0 atom stereocenters. The van der Waals surface area contributed by atoms with Crippen molar-refractivity contribution in [2.75, 3.05) is 31.2 Å². The molecule has 142 valence electrons. The largest absolute Gasteiger partial charge is 1.00 e. The molecule has 3 aromatic rings. The van der Waals surface area contributed by atoms with Crippen molar-refractivity contribution in [2.24, 2.45) is 0 Å². The summed E-state index contributed by atoms with van der Waals surface area (Å²) in [4.78, 5) is 30.6. The Morgan fingerprint density at radius 2 is 2.03 bits per heavy atom. The number of benzene rings is 1.